The van der Waals surface area contributed by atoms with Gasteiger partial charge in [-0.3, -0.25) is 0 Å². The van der Waals surface area contributed by atoms with Crippen LogP contribution in [-0.4, -0.2) is 52.8 Å². The number of nitrogens with zero attached hydrogens (tertiary/aromatic N) is 1. The van der Waals surface area contributed by atoms with Crippen LogP contribution >= 0.6 is 0 Å². The molecule has 0 aliphatic carbocycles. The Morgan fingerprint density at radius 1 is 1.03 bits per heavy atom. The van der Waals surface area contributed by atoms with Crippen molar-refractivity contribution in [1.82, 2.24) is 4.31 Å². The SMILES string of the molecule is COc1cc(C)c(C)cc1S(=O)(=O)N1CC[NH+](Cc2ccc3c(c2)OCO3)CC1. The smallest absolute Gasteiger partial charge is 0.247 e. The fourth-order valence-electron chi connectivity index (χ4n) is 3.82. The predicted molar refractivity (Wildman–Crippen MR) is 108 cm³/mol. The van der Waals surface area contributed by atoms with E-state index >= 15 is 0 Å². The third-order valence-electron chi connectivity index (χ3n) is 5.72. The van der Waals surface area contributed by atoms with Crippen molar-refractivity contribution in [3.05, 3.63) is 47.0 Å². The van der Waals surface area contributed by atoms with Crippen molar-refractivity contribution in [2.75, 3.05) is 40.1 Å². The summed E-state index contributed by atoms with van der Waals surface area (Å²) in [5, 5.41) is 0. The Balaban J connectivity index is 1.44. The normalized spacial score (nSPS) is 17.5. The lowest BCUT2D eigenvalue weighted by Crippen LogP contribution is -3.13. The Morgan fingerprint density at radius 2 is 1.72 bits per heavy atom. The standard InChI is InChI=1S/C21H26N2O5S/c1-15-10-20(26-3)21(11-16(15)2)29(24,25)23-8-6-22(7-9-23)13-17-4-5-18-19(12-17)28-14-27-18/h4-5,10-12H,6-9,13-14H2,1-3H3/p+1. The largest absolute Gasteiger partial charge is 0.495 e. The Hall–Kier alpha value is -2.29. The van der Waals surface area contributed by atoms with E-state index in [-0.39, 0.29) is 11.7 Å². The Kier molecular flexibility index (Phi) is 5.42. The third kappa shape index (κ3) is 3.92. The number of fused-ring (bicyclic) bond motifs is 1. The second-order valence-electron chi connectivity index (χ2n) is 7.61. The number of quaternary nitrogens is 1. The van der Waals surface area contributed by atoms with Gasteiger partial charge in [0.1, 0.15) is 17.2 Å². The van der Waals surface area contributed by atoms with E-state index in [1.54, 1.807) is 16.4 Å². The molecule has 2 heterocycles. The number of methoxy groups -OCH3 is 1. The van der Waals surface area contributed by atoms with Crippen LogP contribution in [0.5, 0.6) is 17.2 Å². The zero-order valence-electron chi connectivity index (χ0n) is 17.0. The monoisotopic (exact) mass is 419 g/mol. The molecule has 0 unspecified atom stereocenters. The number of aryl methyl sites for hydroxylation is 2. The Morgan fingerprint density at radius 3 is 2.45 bits per heavy atom. The molecule has 29 heavy (non-hydrogen) atoms. The van der Waals surface area contributed by atoms with E-state index in [0.29, 0.717) is 18.8 Å². The lowest BCUT2D eigenvalue weighted by molar-refractivity contribution is -0.917. The molecular formula is C21H27N2O5S+. The van der Waals surface area contributed by atoms with Gasteiger partial charge in [0.25, 0.3) is 0 Å². The number of benzene rings is 2. The van der Waals surface area contributed by atoms with Gasteiger partial charge in [0.15, 0.2) is 11.5 Å². The molecule has 2 aliphatic rings. The van der Waals surface area contributed by atoms with Gasteiger partial charge in [-0.05, 0) is 55.3 Å². The minimum atomic E-state index is -3.59. The minimum absolute atomic E-state index is 0.252. The molecule has 8 heteroatoms. The zero-order valence-corrected chi connectivity index (χ0v) is 17.8. The topological polar surface area (TPSA) is 69.5 Å². The van der Waals surface area contributed by atoms with Crippen molar-refractivity contribution >= 4 is 10.0 Å². The van der Waals surface area contributed by atoms with Crippen molar-refractivity contribution in [3.63, 3.8) is 0 Å². The molecule has 4 rings (SSSR count). The highest BCUT2D eigenvalue weighted by molar-refractivity contribution is 7.89. The molecule has 156 valence electrons. The van der Waals surface area contributed by atoms with Crippen LogP contribution in [0.1, 0.15) is 16.7 Å². The number of hydrogen-bond donors (Lipinski definition) is 1. The van der Waals surface area contributed by atoms with E-state index in [2.05, 4.69) is 0 Å². The number of nitrogens with one attached hydrogen (secondary N) is 1. The molecule has 0 atom stereocenters. The summed E-state index contributed by atoms with van der Waals surface area (Å²) in [6.07, 6.45) is 0. The molecule has 0 spiro atoms. The average molecular weight is 420 g/mol. The van der Waals surface area contributed by atoms with E-state index in [9.17, 15) is 8.42 Å². The van der Waals surface area contributed by atoms with E-state index in [1.807, 2.05) is 32.0 Å². The Bertz CT molecular complexity index is 1010. The van der Waals surface area contributed by atoms with Crippen LogP contribution < -0.4 is 19.1 Å². The first kappa shape index (κ1) is 20.0. The summed E-state index contributed by atoms with van der Waals surface area (Å²) >= 11 is 0. The Labute approximate surface area is 171 Å². The highest BCUT2D eigenvalue weighted by Gasteiger charge is 2.33. The lowest BCUT2D eigenvalue weighted by atomic mass is 10.1. The van der Waals surface area contributed by atoms with Crippen molar-refractivity contribution in [3.8, 4) is 17.2 Å². The molecule has 2 aromatic rings. The quantitative estimate of drug-likeness (QED) is 0.787. The van der Waals surface area contributed by atoms with Gasteiger partial charge >= 0.3 is 0 Å². The van der Waals surface area contributed by atoms with Crippen LogP contribution in [0, 0.1) is 13.8 Å². The maximum atomic E-state index is 13.2. The van der Waals surface area contributed by atoms with Crippen LogP contribution in [0.25, 0.3) is 0 Å². The third-order valence-corrected chi connectivity index (χ3v) is 7.64. The summed E-state index contributed by atoms with van der Waals surface area (Å²) in [5.74, 6) is 1.97. The molecule has 0 bridgehead atoms. The maximum absolute atomic E-state index is 13.2. The highest BCUT2D eigenvalue weighted by Crippen LogP contribution is 2.32. The summed E-state index contributed by atoms with van der Waals surface area (Å²) in [6, 6.07) is 9.50. The fraction of sp³-hybridized carbons (Fsp3) is 0.429. The molecule has 1 saturated heterocycles. The predicted octanol–water partition coefficient (Wildman–Crippen LogP) is 1.13. The van der Waals surface area contributed by atoms with Gasteiger partial charge in [-0.1, -0.05) is 0 Å². The van der Waals surface area contributed by atoms with Gasteiger partial charge in [0.05, 0.1) is 33.3 Å². The zero-order chi connectivity index (χ0) is 20.6. The first-order valence-electron chi connectivity index (χ1n) is 9.76. The van der Waals surface area contributed by atoms with E-state index < -0.39 is 10.0 Å². The first-order valence-corrected chi connectivity index (χ1v) is 11.2. The van der Waals surface area contributed by atoms with Crippen LogP contribution in [0.2, 0.25) is 0 Å². The van der Waals surface area contributed by atoms with E-state index in [4.69, 9.17) is 14.2 Å². The van der Waals surface area contributed by atoms with Gasteiger partial charge in [0, 0.05) is 5.56 Å². The second-order valence-corrected chi connectivity index (χ2v) is 9.51. The lowest BCUT2D eigenvalue weighted by Gasteiger charge is -2.32. The van der Waals surface area contributed by atoms with Gasteiger partial charge in [0.2, 0.25) is 16.8 Å². The van der Waals surface area contributed by atoms with Crippen LogP contribution in [0.4, 0.5) is 0 Å². The van der Waals surface area contributed by atoms with Crippen molar-refractivity contribution in [2.24, 2.45) is 0 Å². The summed E-state index contributed by atoms with van der Waals surface area (Å²) in [5.41, 5.74) is 3.12. The fourth-order valence-corrected chi connectivity index (χ4v) is 5.49. The second kappa shape index (κ2) is 7.85. The van der Waals surface area contributed by atoms with Gasteiger partial charge in [-0.2, -0.15) is 4.31 Å². The van der Waals surface area contributed by atoms with Crippen LogP contribution in [0.15, 0.2) is 35.2 Å². The average Bonchev–Trinajstić information content (AvgIpc) is 3.18. The molecule has 2 aromatic carbocycles. The molecule has 0 radical (unpaired) electrons. The van der Waals surface area contributed by atoms with Crippen molar-refractivity contribution in [1.29, 1.82) is 0 Å². The van der Waals surface area contributed by atoms with Gasteiger partial charge in [-0.15, -0.1) is 0 Å². The summed E-state index contributed by atoms with van der Waals surface area (Å²) in [7, 11) is -2.08. The molecule has 1 fully saturated rings. The summed E-state index contributed by atoms with van der Waals surface area (Å²) in [6.45, 7) is 7.44. The highest BCUT2D eigenvalue weighted by atomic mass is 32.2. The summed E-state index contributed by atoms with van der Waals surface area (Å²) < 4.78 is 44.2. The number of hydrogen-bond acceptors (Lipinski definition) is 5. The van der Waals surface area contributed by atoms with Crippen molar-refractivity contribution < 1.29 is 27.5 Å². The number of piperazine rings is 1. The van der Waals surface area contributed by atoms with Crippen LogP contribution in [0.3, 0.4) is 0 Å². The van der Waals surface area contributed by atoms with E-state index in [1.165, 1.54) is 12.0 Å². The number of ether oxygens (including phenoxy) is 3. The molecular weight excluding hydrogens is 392 g/mol. The minimum Gasteiger partial charge on any atom is -0.495 e. The summed E-state index contributed by atoms with van der Waals surface area (Å²) in [4.78, 5) is 1.60. The van der Waals surface area contributed by atoms with Gasteiger partial charge < -0.3 is 19.1 Å². The molecule has 0 aromatic heterocycles. The number of sulfonamides is 1. The molecule has 7 nitrogen and oxygen atoms in total. The molecule has 2 aliphatic heterocycles. The van der Waals surface area contributed by atoms with Gasteiger partial charge in [-0.25, -0.2) is 8.42 Å². The van der Waals surface area contributed by atoms with E-state index in [0.717, 1.165) is 47.8 Å². The molecule has 0 saturated carbocycles. The van der Waals surface area contributed by atoms with Crippen LogP contribution in [-0.2, 0) is 16.6 Å². The van der Waals surface area contributed by atoms with Crippen molar-refractivity contribution in [2.45, 2.75) is 25.3 Å². The first-order chi connectivity index (χ1) is 13.9. The molecule has 0 amide bonds. The maximum Gasteiger partial charge on any atom is 0.247 e. The number of rotatable bonds is 5. The molecule has 1 N–H and O–H groups in total.